The van der Waals surface area contributed by atoms with Gasteiger partial charge in [0.1, 0.15) is 0 Å². The summed E-state index contributed by atoms with van der Waals surface area (Å²) in [4.78, 5) is 0. The minimum absolute atomic E-state index is 0.0381. The lowest BCUT2D eigenvalue weighted by Gasteiger charge is -2.33. The molecule has 1 aromatic rings. The molecule has 4 heteroatoms. The Morgan fingerprint density at radius 3 is 2.16 bits per heavy atom. The standard InChI is InChI=1S/C15H21Br2ClO/c1-14(2,3)19-9-8-15(10-16,11-17)12-6-4-5-7-13(12)18/h4-7H,8-11H2,1-3H3. The van der Waals surface area contributed by atoms with Crippen LogP contribution >= 0.6 is 43.5 Å². The Morgan fingerprint density at radius 1 is 1.11 bits per heavy atom. The summed E-state index contributed by atoms with van der Waals surface area (Å²) in [5.41, 5.74) is 1.02. The molecule has 0 amide bonds. The summed E-state index contributed by atoms with van der Waals surface area (Å²) in [6.07, 6.45) is 0.921. The van der Waals surface area contributed by atoms with E-state index in [0.717, 1.165) is 22.1 Å². The molecule has 0 unspecified atom stereocenters. The van der Waals surface area contributed by atoms with Crippen LogP contribution in [0.5, 0.6) is 0 Å². The zero-order valence-corrected chi connectivity index (χ0v) is 15.6. The van der Waals surface area contributed by atoms with Gasteiger partial charge in [-0.05, 0) is 38.8 Å². The van der Waals surface area contributed by atoms with Crippen LogP contribution in [0.2, 0.25) is 5.02 Å². The van der Waals surface area contributed by atoms with Gasteiger partial charge in [0.2, 0.25) is 0 Å². The summed E-state index contributed by atoms with van der Waals surface area (Å²) in [5, 5.41) is 2.52. The van der Waals surface area contributed by atoms with Crippen molar-refractivity contribution in [1.82, 2.24) is 0 Å². The molecular weight excluding hydrogens is 391 g/mol. The quantitative estimate of drug-likeness (QED) is 0.555. The Labute approximate surface area is 138 Å². The zero-order chi connectivity index (χ0) is 14.5. The molecule has 0 saturated heterocycles. The molecule has 108 valence electrons. The Balaban J connectivity index is 2.89. The van der Waals surface area contributed by atoms with Crippen LogP contribution in [0.3, 0.4) is 0 Å². The van der Waals surface area contributed by atoms with Crippen LogP contribution < -0.4 is 0 Å². The minimum atomic E-state index is -0.106. The average Bonchev–Trinajstić information content (AvgIpc) is 2.35. The van der Waals surface area contributed by atoms with Crippen LogP contribution in [0, 0.1) is 0 Å². The Bertz CT molecular complexity index is 397. The molecule has 0 heterocycles. The van der Waals surface area contributed by atoms with Crippen molar-refractivity contribution in [3.63, 3.8) is 0 Å². The highest BCUT2D eigenvalue weighted by Gasteiger charge is 2.32. The van der Waals surface area contributed by atoms with Crippen LogP contribution in [-0.4, -0.2) is 22.9 Å². The van der Waals surface area contributed by atoms with Crippen LogP contribution in [0.15, 0.2) is 24.3 Å². The summed E-state index contributed by atoms with van der Waals surface area (Å²) in [6.45, 7) is 6.94. The van der Waals surface area contributed by atoms with E-state index >= 15 is 0 Å². The van der Waals surface area contributed by atoms with Crippen molar-refractivity contribution in [3.8, 4) is 0 Å². The Morgan fingerprint density at radius 2 is 1.68 bits per heavy atom. The first-order valence-electron chi connectivity index (χ1n) is 6.35. The number of rotatable bonds is 6. The van der Waals surface area contributed by atoms with E-state index in [9.17, 15) is 0 Å². The van der Waals surface area contributed by atoms with E-state index in [1.807, 2.05) is 18.2 Å². The third-order valence-electron chi connectivity index (χ3n) is 3.07. The highest BCUT2D eigenvalue weighted by molar-refractivity contribution is 9.09. The van der Waals surface area contributed by atoms with E-state index in [1.54, 1.807) is 0 Å². The maximum Gasteiger partial charge on any atom is 0.0598 e. The fourth-order valence-corrected chi connectivity index (χ4v) is 4.32. The predicted molar refractivity (Wildman–Crippen MR) is 91.0 cm³/mol. The van der Waals surface area contributed by atoms with Crippen molar-refractivity contribution in [2.24, 2.45) is 0 Å². The smallest absolute Gasteiger partial charge is 0.0598 e. The molecule has 0 aliphatic heterocycles. The lowest BCUT2D eigenvalue weighted by molar-refractivity contribution is -0.00939. The van der Waals surface area contributed by atoms with Gasteiger partial charge >= 0.3 is 0 Å². The van der Waals surface area contributed by atoms with E-state index in [-0.39, 0.29) is 11.0 Å². The molecule has 0 aliphatic rings. The first-order chi connectivity index (χ1) is 8.84. The maximum absolute atomic E-state index is 6.35. The third kappa shape index (κ3) is 5.04. The monoisotopic (exact) mass is 410 g/mol. The second kappa shape index (κ2) is 7.44. The third-order valence-corrected chi connectivity index (χ3v) is 5.55. The van der Waals surface area contributed by atoms with Gasteiger partial charge in [0, 0.05) is 27.7 Å². The van der Waals surface area contributed by atoms with Crippen LogP contribution in [0.1, 0.15) is 32.8 Å². The molecule has 1 rings (SSSR count). The predicted octanol–water partition coefficient (Wildman–Crippen LogP) is 5.57. The molecule has 0 radical (unpaired) electrons. The average molecular weight is 413 g/mol. The number of benzene rings is 1. The summed E-state index contributed by atoms with van der Waals surface area (Å²) < 4.78 is 5.87. The second-order valence-corrected chi connectivity index (χ2v) is 7.27. The normalized spacial score (nSPS) is 12.7. The zero-order valence-electron chi connectivity index (χ0n) is 11.7. The van der Waals surface area contributed by atoms with E-state index in [0.29, 0.717) is 6.61 Å². The lowest BCUT2D eigenvalue weighted by Crippen LogP contribution is -2.33. The number of hydrogen-bond donors (Lipinski definition) is 0. The fraction of sp³-hybridized carbons (Fsp3) is 0.600. The topological polar surface area (TPSA) is 9.23 Å². The van der Waals surface area contributed by atoms with Crippen molar-refractivity contribution in [1.29, 1.82) is 0 Å². The Hall–Kier alpha value is 0.430. The molecule has 1 aromatic carbocycles. The van der Waals surface area contributed by atoms with Gasteiger partial charge in [-0.2, -0.15) is 0 Å². The molecule has 0 spiro atoms. The fourth-order valence-electron chi connectivity index (χ4n) is 1.89. The van der Waals surface area contributed by atoms with Crippen LogP contribution in [0.25, 0.3) is 0 Å². The molecular formula is C15H21Br2ClO. The van der Waals surface area contributed by atoms with Gasteiger partial charge in [-0.3, -0.25) is 0 Å². The van der Waals surface area contributed by atoms with E-state index in [2.05, 4.69) is 58.7 Å². The number of hydrogen-bond acceptors (Lipinski definition) is 1. The maximum atomic E-state index is 6.35. The summed E-state index contributed by atoms with van der Waals surface area (Å²) in [5.74, 6) is 0. The molecule has 0 aliphatic carbocycles. The largest absolute Gasteiger partial charge is 0.376 e. The first-order valence-corrected chi connectivity index (χ1v) is 8.98. The van der Waals surface area contributed by atoms with Gasteiger partial charge in [0.25, 0.3) is 0 Å². The highest BCUT2D eigenvalue weighted by atomic mass is 79.9. The molecule has 0 bridgehead atoms. The van der Waals surface area contributed by atoms with Crippen molar-refractivity contribution >= 4 is 43.5 Å². The van der Waals surface area contributed by atoms with Crippen LogP contribution in [0.4, 0.5) is 0 Å². The molecule has 0 saturated carbocycles. The van der Waals surface area contributed by atoms with E-state index in [4.69, 9.17) is 16.3 Å². The number of halogens is 3. The van der Waals surface area contributed by atoms with Gasteiger partial charge in [0.05, 0.1) is 5.60 Å². The number of ether oxygens (including phenoxy) is 1. The first kappa shape index (κ1) is 17.5. The van der Waals surface area contributed by atoms with Gasteiger partial charge < -0.3 is 4.74 Å². The van der Waals surface area contributed by atoms with Crippen molar-refractivity contribution in [2.45, 2.75) is 38.2 Å². The van der Waals surface area contributed by atoms with E-state index in [1.165, 1.54) is 5.56 Å². The van der Waals surface area contributed by atoms with Gasteiger partial charge in [-0.25, -0.2) is 0 Å². The van der Waals surface area contributed by atoms with Gasteiger partial charge in [-0.1, -0.05) is 61.7 Å². The molecule has 19 heavy (non-hydrogen) atoms. The molecule has 0 fully saturated rings. The van der Waals surface area contributed by atoms with Crippen molar-refractivity contribution < 1.29 is 4.74 Å². The minimum Gasteiger partial charge on any atom is -0.376 e. The van der Waals surface area contributed by atoms with Gasteiger partial charge in [0.15, 0.2) is 0 Å². The molecule has 0 atom stereocenters. The Kier molecular flexibility index (Phi) is 6.85. The summed E-state index contributed by atoms with van der Waals surface area (Å²) >= 11 is 13.6. The van der Waals surface area contributed by atoms with Gasteiger partial charge in [-0.15, -0.1) is 0 Å². The highest BCUT2D eigenvalue weighted by Crippen LogP contribution is 2.37. The number of alkyl halides is 2. The van der Waals surface area contributed by atoms with E-state index < -0.39 is 0 Å². The lowest BCUT2D eigenvalue weighted by atomic mass is 9.81. The molecule has 0 aromatic heterocycles. The summed E-state index contributed by atoms with van der Waals surface area (Å²) in [6, 6.07) is 8.04. The van der Waals surface area contributed by atoms with Crippen LogP contribution in [-0.2, 0) is 10.2 Å². The van der Waals surface area contributed by atoms with Crippen molar-refractivity contribution in [2.75, 3.05) is 17.3 Å². The SMILES string of the molecule is CC(C)(C)OCCC(CBr)(CBr)c1ccccc1Cl. The molecule has 0 N–H and O–H groups in total. The second-order valence-electron chi connectivity index (χ2n) is 5.74. The molecule has 1 nitrogen and oxygen atoms in total. The van der Waals surface area contributed by atoms with Crippen molar-refractivity contribution in [3.05, 3.63) is 34.9 Å². The summed E-state index contributed by atoms with van der Waals surface area (Å²) in [7, 11) is 0.